The monoisotopic (exact) mass is 681 g/mol. The Hall–Kier alpha value is -7.62. The molecule has 9 N–H and O–H groups in total. The number of hydrogen-bond acceptors (Lipinski definition) is 8. The number of aromatic carboxylic acids is 7. The minimum absolute atomic E-state index is 0.00250. The van der Waals surface area contributed by atoms with Crippen LogP contribution in [0.2, 0.25) is 0 Å². The van der Waals surface area contributed by atoms with Crippen molar-refractivity contribution >= 4 is 90.8 Å². The van der Waals surface area contributed by atoms with E-state index in [1.54, 1.807) is 24.3 Å². The lowest BCUT2D eigenvalue weighted by Gasteiger charge is -2.20. The van der Waals surface area contributed by atoms with Crippen molar-refractivity contribution in [3.63, 3.8) is 0 Å². The first-order valence-electron chi connectivity index (χ1n) is 13.8. The Morgan fingerprint density at radius 3 is 1.26 bits per heavy atom. The summed E-state index contributed by atoms with van der Waals surface area (Å²) in [6.45, 7) is 0. The van der Waals surface area contributed by atoms with Gasteiger partial charge in [-0.05, 0) is 45.1 Å². The Bertz CT molecular complexity index is 2460. The molecule has 0 aromatic heterocycles. The van der Waals surface area contributed by atoms with Gasteiger partial charge in [0.05, 0.1) is 44.5 Å². The van der Waals surface area contributed by atoms with E-state index in [2.05, 4.69) is 0 Å². The lowest BCUT2D eigenvalue weighted by atomic mass is 9.81. The smallest absolute Gasteiger partial charge is 0.337 e. The highest BCUT2D eigenvalue weighted by Gasteiger charge is 2.34. The summed E-state index contributed by atoms with van der Waals surface area (Å²) in [6, 6.07) is 14.4. The molecule has 0 bridgehead atoms. The standard InChI is InChI=1S/C24H12O8.C10H7NO7/c25-21(26)13-8-7-11-10-5-1-3-9-4-2-6-12(14(9)10)16-15(11)17(13)19(23(29)30)20(24(31)32)18(16)22(27)28;11-7(12)3-1-5(9(15)16)6(10(17)18)2-4(3)8(13)14/h1-8H,(H,25,26)(H,27,28)(H,29,30)(H,31,32);1-2H,(H2,11,12)(H,13,14)(H,15,16)(H,17,18). The van der Waals surface area contributed by atoms with E-state index >= 15 is 0 Å². The minimum Gasteiger partial charge on any atom is -0.478 e. The van der Waals surface area contributed by atoms with Gasteiger partial charge in [0.2, 0.25) is 5.91 Å². The van der Waals surface area contributed by atoms with Crippen LogP contribution in [-0.2, 0) is 0 Å². The fourth-order valence-electron chi connectivity index (χ4n) is 6.04. The van der Waals surface area contributed by atoms with Crippen molar-refractivity contribution < 1.29 is 74.1 Å². The molecule has 16 nitrogen and oxygen atoms in total. The second kappa shape index (κ2) is 12.2. The van der Waals surface area contributed by atoms with E-state index in [0.717, 1.165) is 5.39 Å². The van der Waals surface area contributed by atoms with Gasteiger partial charge in [0, 0.05) is 16.2 Å². The molecule has 16 heteroatoms. The number of nitrogens with two attached hydrogens (primary N) is 1. The van der Waals surface area contributed by atoms with Gasteiger partial charge in [0.15, 0.2) is 0 Å². The Labute approximate surface area is 275 Å². The molecule has 250 valence electrons. The van der Waals surface area contributed by atoms with Gasteiger partial charge in [0.25, 0.3) is 0 Å². The fraction of sp³-hybridized carbons (Fsp3) is 0. The lowest BCUT2D eigenvalue weighted by Crippen LogP contribution is -2.20. The number of benzene rings is 6. The van der Waals surface area contributed by atoms with Crippen LogP contribution in [0.25, 0.3) is 43.1 Å². The average molecular weight is 682 g/mol. The first-order chi connectivity index (χ1) is 23.5. The normalized spacial score (nSPS) is 10.9. The maximum atomic E-state index is 12.3. The summed E-state index contributed by atoms with van der Waals surface area (Å²) in [7, 11) is 0. The molecule has 0 aliphatic carbocycles. The van der Waals surface area contributed by atoms with Crippen LogP contribution in [0.3, 0.4) is 0 Å². The molecule has 0 atom stereocenters. The topological polar surface area (TPSA) is 304 Å². The predicted molar refractivity (Wildman–Crippen MR) is 171 cm³/mol. The van der Waals surface area contributed by atoms with Gasteiger partial charge in [-0.2, -0.15) is 0 Å². The summed E-state index contributed by atoms with van der Waals surface area (Å²) in [5, 5.41) is 68.6. The number of fused-ring (bicyclic) bond motifs is 2. The van der Waals surface area contributed by atoms with Crippen LogP contribution in [0, 0.1) is 0 Å². The summed E-state index contributed by atoms with van der Waals surface area (Å²) in [5.41, 5.74) is -0.687. The second-order valence-corrected chi connectivity index (χ2v) is 10.6. The van der Waals surface area contributed by atoms with Gasteiger partial charge in [-0.3, -0.25) is 4.79 Å². The molecule has 0 saturated carbocycles. The molecule has 0 heterocycles. The summed E-state index contributed by atoms with van der Waals surface area (Å²) in [4.78, 5) is 92.2. The maximum absolute atomic E-state index is 12.3. The van der Waals surface area contributed by atoms with Crippen molar-refractivity contribution in [3.05, 3.63) is 105 Å². The molecule has 0 spiro atoms. The molecule has 0 saturated heterocycles. The van der Waals surface area contributed by atoms with Crippen molar-refractivity contribution in [1.82, 2.24) is 0 Å². The Morgan fingerprint density at radius 2 is 0.800 bits per heavy atom. The molecule has 6 rings (SSSR count). The number of carbonyl (C=O) groups is 8. The number of primary amides is 1. The summed E-state index contributed by atoms with van der Waals surface area (Å²) >= 11 is 0. The molecule has 0 aliphatic rings. The molecule has 6 aromatic carbocycles. The molecular formula is C34H19NO15. The van der Waals surface area contributed by atoms with E-state index in [1.807, 2.05) is 12.1 Å². The van der Waals surface area contributed by atoms with Gasteiger partial charge in [0.1, 0.15) is 0 Å². The molecule has 50 heavy (non-hydrogen) atoms. The highest BCUT2D eigenvalue weighted by Crippen LogP contribution is 2.45. The third-order valence-electron chi connectivity index (χ3n) is 7.91. The van der Waals surface area contributed by atoms with Gasteiger partial charge in [-0.15, -0.1) is 0 Å². The highest BCUT2D eigenvalue weighted by atomic mass is 16.4. The Kier molecular flexibility index (Phi) is 8.23. The van der Waals surface area contributed by atoms with Gasteiger partial charge < -0.3 is 41.5 Å². The molecule has 6 aromatic rings. The Morgan fingerprint density at radius 1 is 0.380 bits per heavy atom. The first-order valence-corrected chi connectivity index (χ1v) is 13.8. The maximum Gasteiger partial charge on any atom is 0.337 e. The molecule has 0 radical (unpaired) electrons. The number of hydrogen-bond donors (Lipinski definition) is 8. The summed E-state index contributed by atoms with van der Waals surface area (Å²) < 4.78 is 0. The number of carboxylic acids is 7. The van der Waals surface area contributed by atoms with E-state index in [9.17, 15) is 58.8 Å². The van der Waals surface area contributed by atoms with Crippen LogP contribution in [0.5, 0.6) is 0 Å². The molecule has 1 amide bonds. The van der Waals surface area contributed by atoms with Gasteiger partial charge >= 0.3 is 41.8 Å². The van der Waals surface area contributed by atoms with Crippen LogP contribution < -0.4 is 5.73 Å². The second-order valence-electron chi connectivity index (χ2n) is 10.6. The zero-order valence-corrected chi connectivity index (χ0v) is 24.7. The molecule has 0 unspecified atom stereocenters. The van der Waals surface area contributed by atoms with E-state index in [4.69, 9.17) is 21.1 Å². The molecule has 0 fully saturated rings. The zero-order valence-electron chi connectivity index (χ0n) is 24.7. The summed E-state index contributed by atoms with van der Waals surface area (Å²) in [6.07, 6.45) is 0. The average Bonchev–Trinajstić information content (AvgIpc) is 3.05. The largest absolute Gasteiger partial charge is 0.478 e. The quantitative estimate of drug-likeness (QED) is 0.0815. The fourth-order valence-corrected chi connectivity index (χ4v) is 6.04. The highest BCUT2D eigenvalue weighted by molar-refractivity contribution is 6.40. The first kappa shape index (κ1) is 33.7. The SMILES string of the molecule is NC(=O)c1cc(C(=O)O)c(C(=O)O)cc1C(=O)O.O=C(O)c1c(C(=O)O)c2c(C(=O)O)ccc3c4cccc5cccc(c(c1C(=O)O)c23)c54. The van der Waals surface area contributed by atoms with Crippen molar-refractivity contribution in [1.29, 1.82) is 0 Å². The lowest BCUT2D eigenvalue weighted by molar-refractivity contribution is 0.0635. The van der Waals surface area contributed by atoms with Crippen LogP contribution in [0.15, 0.2) is 60.7 Å². The van der Waals surface area contributed by atoms with Crippen LogP contribution in [0.4, 0.5) is 0 Å². The van der Waals surface area contributed by atoms with Crippen molar-refractivity contribution in [2.24, 2.45) is 5.73 Å². The Balaban J connectivity index is 0.000000231. The van der Waals surface area contributed by atoms with Crippen molar-refractivity contribution in [3.8, 4) is 0 Å². The minimum atomic E-state index is -1.77. The van der Waals surface area contributed by atoms with Crippen LogP contribution >= 0.6 is 0 Å². The number of rotatable bonds is 8. The third kappa shape index (κ3) is 5.23. The summed E-state index contributed by atoms with van der Waals surface area (Å²) in [5.74, 6) is -12.5. The van der Waals surface area contributed by atoms with Crippen molar-refractivity contribution in [2.75, 3.05) is 0 Å². The van der Waals surface area contributed by atoms with Gasteiger partial charge in [-0.1, -0.05) is 42.5 Å². The van der Waals surface area contributed by atoms with E-state index in [-0.39, 0.29) is 16.2 Å². The van der Waals surface area contributed by atoms with E-state index in [1.165, 1.54) is 12.1 Å². The molecular weight excluding hydrogens is 662 g/mol. The van der Waals surface area contributed by atoms with Crippen LogP contribution in [-0.4, -0.2) is 83.4 Å². The number of carbonyl (C=O) groups excluding carboxylic acids is 1. The molecule has 0 aliphatic heterocycles. The number of amides is 1. The van der Waals surface area contributed by atoms with Crippen LogP contribution in [0.1, 0.15) is 82.9 Å². The predicted octanol–water partition coefficient (Wildman–Crippen LogP) is 4.41. The zero-order chi connectivity index (χ0) is 36.9. The number of carboxylic acid groups (broad SMARTS) is 7. The van der Waals surface area contributed by atoms with Gasteiger partial charge in [-0.25, -0.2) is 33.6 Å². The van der Waals surface area contributed by atoms with E-state index < -0.39 is 92.2 Å². The third-order valence-corrected chi connectivity index (χ3v) is 7.91. The van der Waals surface area contributed by atoms with E-state index in [0.29, 0.717) is 33.7 Å². The van der Waals surface area contributed by atoms with Crippen molar-refractivity contribution in [2.45, 2.75) is 0 Å².